The number of carbonyl (C=O) groups is 4. The van der Waals surface area contributed by atoms with E-state index in [1.807, 2.05) is 0 Å². The molecule has 1 aliphatic carbocycles. The first kappa shape index (κ1) is 24.8. The van der Waals surface area contributed by atoms with Crippen molar-refractivity contribution in [3.63, 3.8) is 0 Å². The largest absolute Gasteiger partial charge is 0.318 e. The first-order chi connectivity index (χ1) is 16.8. The van der Waals surface area contributed by atoms with Crippen LogP contribution in [0.3, 0.4) is 0 Å². The lowest BCUT2D eigenvalue weighted by atomic mass is 9.59. The minimum absolute atomic E-state index is 0.00774. The Morgan fingerprint density at radius 3 is 1.03 bits per heavy atom. The molecule has 2 saturated heterocycles. The van der Waals surface area contributed by atoms with E-state index < -0.39 is 77.3 Å². The summed E-state index contributed by atoms with van der Waals surface area (Å²) in [4.78, 5) is 50.5. The van der Waals surface area contributed by atoms with Crippen LogP contribution in [-0.2, 0) is 48.0 Å². The van der Waals surface area contributed by atoms with E-state index in [1.165, 1.54) is 24.3 Å². The number of fused-ring (bicyclic) bond motifs is 4. The molecule has 16 heteroatoms. The lowest BCUT2D eigenvalue weighted by molar-refractivity contribution is -0.169. The Hall–Kier alpha value is -2.88. The van der Waals surface area contributed by atoms with Gasteiger partial charge < -0.3 is 0 Å². The van der Waals surface area contributed by atoms with Gasteiger partial charge in [0.05, 0.1) is 33.5 Å². The zero-order valence-electron chi connectivity index (χ0n) is 17.5. The summed E-state index contributed by atoms with van der Waals surface area (Å²) in [5.74, 6) is -10.3. The van der Waals surface area contributed by atoms with Crippen LogP contribution >= 0.6 is 23.2 Å². The van der Waals surface area contributed by atoms with E-state index in [0.717, 1.165) is 24.3 Å². The van der Waals surface area contributed by atoms with Gasteiger partial charge in [0.15, 0.2) is 0 Å². The number of hydrogen-bond donors (Lipinski definition) is 0. The predicted molar refractivity (Wildman–Crippen MR) is 117 cm³/mol. The quantitative estimate of drug-likeness (QED) is 0.457. The standard InChI is InChI=1S/C20H12Cl2N2O10S2/c21-9-1-5-11(6-2-9)35(29,30)33-23-17(25)13-14(18(23)26)16-15(13)19(27)24(20(16)28)34-36(31,32)12-7-3-10(22)4-8-12/h1-8,13-16H. The number of nitrogens with zero attached hydrogens (tertiary/aromatic N) is 2. The molecule has 2 aromatic rings. The molecule has 0 spiro atoms. The lowest BCUT2D eigenvalue weighted by Crippen LogP contribution is -2.50. The van der Waals surface area contributed by atoms with Crippen molar-refractivity contribution in [3.05, 3.63) is 58.6 Å². The summed E-state index contributed by atoms with van der Waals surface area (Å²) in [6, 6.07) is 9.38. The number of hydroxylamine groups is 4. The van der Waals surface area contributed by atoms with Crippen molar-refractivity contribution in [2.24, 2.45) is 23.7 Å². The summed E-state index contributed by atoms with van der Waals surface area (Å²) in [5, 5.41) is 0.478. The highest BCUT2D eigenvalue weighted by Crippen LogP contribution is 2.56. The Bertz CT molecular complexity index is 1380. The number of amides is 4. The van der Waals surface area contributed by atoms with E-state index in [1.54, 1.807) is 0 Å². The number of halogens is 2. The molecule has 0 N–H and O–H groups in total. The van der Waals surface area contributed by atoms with Crippen LogP contribution in [0.15, 0.2) is 58.3 Å². The predicted octanol–water partition coefficient (Wildman–Crippen LogP) is 1.15. The van der Waals surface area contributed by atoms with Gasteiger partial charge in [-0.25, -0.2) is 0 Å². The van der Waals surface area contributed by atoms with Crippen LogP contribution in [0.2, 0.25) is 10.0 Å². The topological polar surface area (TPSA) is 161 Å². The molecule has 2 heterocycles. The van der Waals surface area contributed by atoms with Crippen molar-refractivity contribution in [2.75, 3.05) is 0 Å². The van der Waals surface area contributed by atoms with Crippen LogP contribution < -0.4 is 0 Å². The molecule has 3 aliphatic rings. The number of rotatable bonds is 6. The van der Waals surface area contributed by atoms with Gasteiger partial charge >= 0.3 is 20.2 Å². The molecule has 0 atom stereocenters. The zero-order chi connectivity index (χ0) is 26.2. The van der Waals surface area contributed by atoms with Crippen LogP contribution in [0, 0.1) is 23.7 Å². The van der Waals surface area contributed by atoms with E-state index >= 15 is 0 Å². The molecular formula is C20H12Cl2N2O10S2. The normalized spacial score (nSPS) is 25.7. The molecule has 2 aliphatic heterocycles. The summed E-state index contributed by atoms with van der Waals surface area (Å²) in [7, 11) is -9.27. The Morgan fingerprint density at radius 2 is 0.778 bits per heavy atom. The highest BCUT2D eigenvalue weighted by atomic mass is 35.5. The molecule has 0 bridgehead atoms. The van der Waals surface area contributed by atoms with Gasteiger partial charge in [-0.05, 0) is 48.5 Å². The van der Waals surface area contributed by atoms with Crippen LogP contribution in [0.25, 0.3) is 0 Å². The second kappa shape index (κ2) is 8.33. The van der Waals surface area contributed by atoms with E-state index in [-0.39, 0.29) is 20.2 Å². The molecule has 0 unspecified atom stereocenters. The summed E-state index contributed by atoms with van der Waals surface area (Å²) in [5.41, 5.74) is 0. The summed E-state index contributed by atoms with van der Waals surface area (Å²) in [6.45, 7) is 0. The molecule has 12 nitrogen and oxygen atoms in total. The van der Waals surface area contributed by atoms with E-state index in [9.17, 15) is 36.0 Å². The van der Waals surface area contributed by atoms with Crippen LogP contribution in [-0.4, -0.2) is 50.6 Å². The second-order valence-corrected chi connectivity index (χ2v) is 11.9. The van der Waals surface area contributed by atoms with Crippen LogP contribution in [0.4, 0.5) is 0 Å². The van der Waals surface area contributed by atoms with Gasteiger partial charge in [-0.1, -0.05) is 23.2 Å². The summed E-state index contributed by atoms with van der Waals surface area (Å²) in [6.07, 6.45) is 0. The lowest BCUT2D eigenvalue weighted by Gasteiger charge is -2.35. The Morgan fingerprint density at radius 1 is 0.528 bits per heavy atom. The van der Waals surface area contributed by atoms with Crippen molar-refractivity contribution in [1.82, 2.24) is 10.1 Å². The molecule has 36 heavy (non-hydrogen) atoms. The van der Waals surface area contributed by atoms with Gasteiger partial charge in [0, 0.05) is 10.0 Å². The van der Waals surface area contributed by atoms with Crippen molar-refractivity contribution in [3.8, 4) is 0 Å². The van der Waals surface area contributed by atoms with Crippen molar-refractivity contribution >= 4 is 67.1 Å². The van der Waals surface area contributed by atoms with Crippen molar-refractivity contribution in [2.45, 2.75) is 9.79 Å². The zero-order valence-corrected chi connectivity index (χ0v) is 20.6. The third-order valence-electron chi connectivity index (χ3n) is 6.04. The first-order valence-electron chi connectivity index (χ1n) is 9.99. The Labute approximate surface area is 213 Å². The first-order valence-corrected chi connectivity index (χ1v) is 13.6. The van der Waals surface area contributed by atoms with Gasteiger partial charge in [0.25, 0.3) is 23.6 Å². The van der Waals surface area contributed by atoms with E-state index in [0.29, 0.717) is 0 Å². The van der Waals surface area contributed by atoms with Crippen molar-refractivity contribution in [1.29, 1.82) is 0 Å². The summed E-state index contributed by atoms with van der Waals surface area (Å²) >= 11 is 11.4. The number of carbonyl (C=O) groups excluding carboxylic acids is 4. The van der Waals surface area contributed by atoms with Gasteiger partial charge in [-0.3, -0.25) is 19.2 Å². The highest BCUT2D eigenvalue weighted by Gasteiger charge is 2.75. The molecule has 2 aromatic carbocycles. The van der Waals surface area contributed by atoms with Gasteiger partial charge in [0.2, 0.25) is 0 Å². The monoisotopic (exact) mass is 574 g/mol. The average molecular weight is 575 g/mol. The van der Waals surface area contributed by atoms with Crippen LogP contribution in [0.1, 0.15) is 0 Å². The SMILES string of the molecule is O=C1C2C(C(=O)N1OS(=O)(=O)c1ccc(Cl)cc1)C1C(=O)N(OS(=O)(=O)c3ccc(Cl)cc3)C(=O)C21. The number of imide groups is 2. The maximum absolute atomic E-state index is 12.8. The Kier molecular flexibility index (Phi) is 5.74. The van der Waals surface area contributed by atoms with E-state index in [2.05, 4.69) is 0 Å². The highest BCUT2D eigenvalue weighted by molar-refractivity contribution is 7.87. The number of hydrogen-bond acceptors (Lipinski definition) is 10. The van der Waals surface area contributed by atoms with Gasteiger partial charge in [-0.15, -0.1) is 18.7 Å². The van der Waals surface area contributed by atoms with Gasteiger partial charge in [0.1, 0.15) is 0 Å². The Balaban J connectivity index is 1.36. The third-order valence-corrected chi connectivity index (χ3v) is 8.93. The van der Waals surface area contributed by atoms with E-state index in [4.69, 9.17) is 31.8 Å². The smallest absolute Gasteiger partial charge is 0.272 e. The van der Waals surface area contributed by atoms with Crippen LogP contribution in [0.5, 0.6) is 0 Å². The maximum Gasteiger partial charge on any atom is 0.318 e. The fourth-order valence-corrected chi connectivity index (χ4v) is 6.42. The maximum atomic E-state index is 12.8. The molecule has 3 fully saturated rings. The average Bonchev–Trinajstić information content (AvgIpc) is 3.10. The second-order valence-electron chi connectivity index (χ2n) is 8.01. The van der Waals surface area contributed by atoms with Gasteiger partial charge in [-0.2, -0.15) is 16.8 Å². The minimum atomic E-state index is -4.63. The minimum Gasteiger partial charge on any atom is -0.272 e. The molecule has 4 amide bonds. The third kappa shape index (κ3) is 3.72. The molecule has 0 radical (unpaired) electrons. The summed E-state index contributed by atoms with van der Waals surface area (Å²) < 4.78 is 59.5. The fraction of sp³-hybridized carbons (Fsp3) is 0.200. The molecular weight excluding hydrogens is 563 g/mol. The number of benzene rings is 2. The molecule has 5 rings (SSSR count). The molecule has 0 aromatic heterocycles. The fourth-order valence-electron chi connectivity index (χ4n) is 4.37. The molecule has 1 saturated carbocycles. The van der Waals surface area contributed by atoms with Crippen molar-refractivity contribution < 1.29 is 44.6 Å². The molecule has 188 valence electrons.